The van der Waals surface area contributed by atoms with Gasteiger partial charge in [-0.15, -0.1) is 0 Å². The lowest BCUT2D eigenvalue weighted by atomic mass is 9.97. The van der Waals surface area contributed by atoms with Crippen molar-refractivity contribution in [2.24, 2.45) is 5.84 Å². The quantitative estimate of drug-likeness (QED) is 0.651. The van der Waals surface area contributed by atoms with Crippen LogP contribution in [0.3, 0.4) is 0 Å². The Bertz CT molecular complexity index is 657. The molecule has 1 aliphatic rings. The second kappa shape index (κ2) is 6.26. The third-order valence-electron chi connectivity index (χ3n) is 4.15. The van der Waals surface area contributed by atoms with Crippen LogP contribution in [0.4, 0.5) is 4.39 Å². The van der Waals surface area contributed by atoms with Gasteiger partial charge in [-0.3, -0.25) is 11.3 Å². The van der Waals surface area contributed by atoms with E-state index in [9.17, 15) is 4.39 Å². The normalized spacial score (nSPS) is 15.0. The van der Waals surface area contributed by atoms with E-state index in [2.05, 4.69) is 39.6 Å². The molecule has 0 amide bonds. The third-order valence-corrected chi connectivity index (χ3v) is 4.79. The summed E-state index contributed by atoms with van der Waals surface area (Å²) in [5.41, 5.74) is 7.81. The largest absolute Gasteiger partial charge is 0.271 e. The standard InChI is InChI=1S/C17H18BrFN2/c18-15-7-6-14(10-16(15)19)17(21-20)9-11-4-5-12-2-1-3-13(12)8-11/h4-8,10,17,21H,1-3,9,20H2. The Morgan fingerprint density at radius 2 is 1.95 bits per heavy atom. The zero-order valence-electron chi connectivity index (χ0n) is 11.7. The lowest BCUT2D eigenvalue weighted by Gasteiger charge is -2.17. The average molecular weight is 349 g/mol. The maximum absolute atomic E-state index is 13.7. The van der Waals surface area contributed by atoms with Gasteiger partial charge in [0.15, 0.2) is 0 Å². The fourth-order valence-electron chi connectivity index (χ4n) is 2.99. The summed E-state index contributed by atoms with van der Waals surface area (Å²) in [6, 6.07) is 11.7. The number of hydrazine groups is 1. The van der Waals surface area contributed by atoms with Crippen LogP contribution in [-0.4, -0.2) is 0 Å². The molecule has 0 saturated carbocycles. The molecule has 0 spiro atoms. The van der Waals surface area contributed by atoms with Gasteiger partial charge in [-0.1, -0.05) is 24.3 Å². The summed E-state index contributed by atoms with van der Waals surface area (Å²) >= 11 is 3.17. The Hall–Kier alpha value is -1.23. The van der Waals surface area contributed by atoms with E-state index in [1.165, 1.54) is 35.6 Å². The molecule has 0 aromatic heterocycles. The van der Waals surface area contributed by atoms with Crippen molar-refractivity contribution in [3.8, 4) is 0 Å². The van der Waals surface area contributed by atoms with Gasteiger partial charge in [-0.2, -0.15) is 0 Å². The molecular formula is C17H18BrFN2. The van der Waals surface area contributed by atoms with Gasteiger partial charge in [0.1, 0.15) is 5.82 Å². The number of fused-ring (bicyclic) bond motifs is 1. The molecule has 0 bridgehead atoms. The van der Waals surface area contributed by atoms with Crippen molar-refractivity contribution < 1.29 is 4.39 Å². The van der Waals surface area contributed by atoms with Crippen molar-refractivity contribution in [3.05, 3.63) is 68.9 Å². The molecule has 1 unspecified atom stereocenters. The second-order valence-electron chi connectivity index (χ2n) is 5.55. The summed E-state index contributed by atoms with van der Waals surface area (Å²) < 4.78 is 14.2. The van der Waals surface area contributed by atoms with Gasteiger partial charge < -0.3 is 0 Å². The van der Waals surface area contributed by atoms with Crippen LogP contribution in [0, 0.1) is 5.82 Å². The van der Waals surface area contributed by atoms with Gasteiger partial charge in [-0.05, 0) is 76.0 Å². The van der Waals surface area contributed by atoms with Gasteiger partial charge >= 0.3 is 0 Å². The zero-order chi connectivity index (χ0) is 14.8. The van der Waals surface area contributed by atoms with E-state index in [1.807, 2.05) is 6.07 Å². The second-order valence-corrected chi connectivity index (χ2v) is 6.41. The monoisotopic (exact) mass is 348 g/mol. The van der Waals surface area contributed by atoms with E-state index in [4.69, 9.17) is 5.84 Å². The van der Waals surface area contributed by atoms with Crippen molar-refractivity contribution in [2.75, 3.05) is 0 Å². The molecular weight excluding hydrogens is 331 g/mol. The molecule has 2 aromatic rings. The van der Waals surface area contributed by atoms with Crippen molar-refractivity contribution in [1.29, 1.82) is 0 Å². The highest BCUT2D eigenvalue weighted by atomic mass is 79.9. The smallest absolute Gasteiger partial charge is 0.137 e. The average Bonchev–Trinajstić information content (AvgIpc) is 2.95. The first kappa shape index (κ1) is 14.7. The van der Waals surface area contributed by atoms with Crippen LogP contribution in [-0.2, 0) is 19.3 Å². The minimum Gasteiger partial charge on any atom is -0.271 e. The number of benzene rings is 2. The maximum atomic E-state index is 13.7. The van der Waals surface area contributed by atoms with Crippen molar-refractivity contribution >= 4 is 15.9 Å². The summed E-state index contributed by atoms with van der Waals surface area (Å²) in [6.45, 7) is 0. The summed E-state index contributed by atoms with van der Waals surface area (Å²) in [5, 5.41) is 0. The minimum absolute atomic E-state index is 0.0907. The Kier molecular flexibility index (Phi) is 4.38. The Balaban J connectivity index is 1.82. The van der Waals surface area contributed by atoms with E-state index < -0.39 is 0 Å². The van der Waals surface area contributed by atoms with Crippen LogP contribution in [0.1, 0.15) is 34.7 Å². The molecule has 110 valence electrons. The number of rotatable bonds is 4. The van der Waals surface area contributed by atoms with Crippen LogP contribution in [0.5, 0.6) is 0 Å². The molecule has 1 atom stereocenters. The van der Waals surface area contributed by atoms with Crippen LogP contribution < -0.4 is 11.3 Å². The molecule has 3 N–H and O–H groups in total. The topological polar surface area (TPSA) is 38.0 Å². The summed E-state index contributed by atoms with van der Waals surface area (Å²) in [6.07, 6.45) is 4.35. The highest BCUT2D eigenvalue weighted by molar-refractivity contribution is 9.10. The molecule has 3 rings (SSSR count). The van der Waals surface area contributed by atoms with E-state index in [0.29, 0.717) is 4.47 Å². The minimum atomic E-state index is -0.262. The molecule has 0 fully saturated rings. The predicted octanol–water partition coefficient (Wildman–Crippen LogP) is 3.82. The van der Waals surface area contributed by atoms with Crippen molar-refractivity contribution in [2.45, 2.75) is 31.7 Å². The molecule has 4 heteroatoms. The van der Waals surface area contributed by atoms with E-state index in [1.54, 1.807) is 6.07 Å². The van der Waals surface area contributed by atoms with Gasteiger partial charge in [0.25, 0.3) is 0 Å². The zero-order valence-corrected chi connectivity index (χ0v) is 13.3. The molecule has 0 saturated heterocycles. The van der Waals surface area contributed by atoms with Gasteiger partial charge in [0.2, 0.25) is 0 Å². The van der Waals surface area contributed by atoms with Crippen LogP contribution >= 0.6 is 15.9 Å². The van der Waals surface area contributed by atoms with Crippen LogP contribution in [0.15, 0.2) is 40.9 Å². The summed E-state index contributed by atoms with van der Waals surface area (Å²) in [5.74, 6) is 5.41. The maximum Gasteiger partial charge on any atom is 0.137 e. The highest BCUT2D eigenvalue weighted by Crippen LogP contribution is 2.26. The van der Waals surface area contributed by atoms with E-state index >= 15 is 0 Å². The number of aryl methyl sites for hydroxylation is 2. The van der Waals surface area contributed by atoms with Gasteiger partial charge in [-0.25, -0.2) is 4.39 Å². The van der Waals surface area contributed by atoms with Crippen molar-refractivity contribution in [3.63, 3.8) is 0 Å². The van der Waals surface area contributed by atoms with Gasteiger partial charge in [0, 0.05) is 0 Å². The fraction of sp³-hybridized carbons (Fsp3) is 0.294. The van der Waals surface area contributed by atoms with E-state index in [0.717, 1.165) is 18.4 Å². The Labute approximate surface area is 132 Å². The summed E-state index contributed by atoms with van der Waals surface area (Å²) in [4.78, 5) is 0. The molecule has 2 aromatic carbocycles. The first-order chi connectivity index (χ1) is 10.2. The molecule has 1 aliphatic carbocycles. The molecule has 0 heterocycles. The Morgan fingerprint density at radius 3 is 2.71 bits per heavy atom. The van der Waals surface area contributed by atoms with Gasteiger partial charge in [0.05, 0.1) is 10.5 Å². The first-order valence-corrected chi connectivity index (χ1v) is 7.98. The highest BCUT2D eigenvalue weighted by Gasteiger charge is 2.15. The number of hydrogen-bond donors (Lipinski definition) is 2. The number of hydrogen-bond acceptors (Lipinski definition) is 2. The van der Waals surface area contributed by atoms with Crippen LogP contribution in [0.2, 0.25) is 0 Å². The molecule has 2 nitrogen and oxygen atoms in total. The number of nitrogens with two attached hydrogens (primary N) is 1. The molecule has 0 aliphatic heterocycles. The molecule has 0 radical (unpaired) electrons. The summed E-state index contributed by atoms with van der Waals surface area (Å²) in [7, 11) is 0. The van der Waals surface area contributed by atoms with Crippen molar-refractivity contribution in [1.82, 2.24) is 5.43 Å². The molecule has 21 heavy (non-hydrogen) atoms. The lowest BCUT2D eigenvalue weighted by Crippen LogP contribution is -2.29. The third kappa shape index (κ3) is 3.18. The van der Waals surface area contributed by atoms with E-state index in [-0.39, 0.29) is 11.9 Å². The number of nitrogens with one attached hydrogen (secondary N) is 1. The SMILES string of the molecule is NNC(Cc1ccc2c(c1)CCC2)c1ccc(Br)c(F)c1. The Morgan fingerprint density at radius 1 is 1.14 bits per heavy atom. The number of halogens is 2. The predicted molar refractivity (Wildman–Crippen MR) is 86.3 cm³/mol. The fourth-order valence-corrected chi connectivity index (χ4v) is 3.24. The lowest BCUT2D eigenvalue weighted by molar-refractivity contribution is 0.543. The van der Waals surface area contributed by atoms with Crippen LogP contribution in [0.25, 0.3) is 0 Å². The first-order valence-electron chi connectivity index (χ1n) is 7.19.